The first kappa shape index (κ1) is 11.3. The van der Waals surface area contributed by atoms with E-state index in [1.54, 1.807) is 0 Å². The predicted octanol–water partition coefficient (Wildman–Crippen LogP) is 1.53. The lowest BCUT2D eigenvalue weighted by Gasteiger charge is -2.29. The van der Waals surface area contributed by atoms with E-state index in [1.807, 2.05) is 25.3 Å². The van der Waals surface area contributed by atoms with Gasteiger partial charge in [-0.2, -0.15) is 0 Å². The molecule has 1 aromatic heterocycles. The van der Waals surface area contributed by atoms with Crippen molar-refractivity contribution in [1.82, 2.24) is 9.88 Å². The molecule has 0 aromatic carbocycles. The first-order valence-electron chi connectivity index (χ1n) is 5.90. The SMILES string of the molecule is CC1CN(CCc2ccccn2)CCC1=O. The van der Waals surface area contributed by atoms with Gasteiger partial charge in [0.05, 0.1) is 0 Å². The van der Waals surface area contributed by atoms with Crippen LogP contribution >= 0.6 is 0 Å². The second kappa shape index (κ2) is 5.21. The maximum Gasteiger partial charge on any atom is 0.138 e. The van der Waals surface area contributed by atoms with Crippen LogP contribution in [0.25, 0.3) is 0 Å². The molecule has 86 valence electrons. The molecule has 0 saturated carbocycles. The van der Waals surface area contributed by atoms with Gasteiger partial charge in [-0.3, -0.25) is 9.78 Å². The fourth-order valence-electron chi connectivity index (χ4n) is 2.12. The van der Waals surface area contributed by atoms with Crippen molar-refractivity contribution < 1.29 is 4.79 Å². The van der Waals surface area contributed by atoms with Crippen LogP contribution in [-0.2, 0) is 11.2 Å². The number of Topliss-reactive ketones (excluding diaryl/α,β-unsaturated/α-hetero) is 1. The van der Waals surface area contributed by atoms with Crippen LogP contribution in [0.3, 0.4) is 0 Å². The molecule has 2 rings (SSSR count). The van der Waals surface area contributed by atoms with Crippen LogP contribution in [0, 0.1) is 5.92 Å². The Balaban J connectivity index is 1.81. The fourth-order valence-corrected chi connectivity index (χ4v) is 2.12. The van der Waals surface area contributed by atoms with E-state index in [0.717, 1.165) is 31.7 Å². The number of hydrogen-bond donors (Lipinski definition) is 0. The van der Waals surface area contributed by atoms with E-state index in [-0.39, 0.29) is 5.92 Å². The van der Waals surface area contributed by atoms with Gasteiger partial charge in [0.25, 0.3) is 0 Å². The van der Waals surface area contributed by atoms with Crippen LogP contribution in [0.15, 0.2) is 24.4 Å². The number of likely N-dealkylation sites (tertiary alicyclic amines) is 1. The molecule has 1 aliphatic rings. The molecule has 3 heteroatoms. The summed E-state index contributed by atoms with van der Waals surface area (Å²) in [6.45, 7) is 4.85. The summed E-state index contributed by atoms with van der Waals surface area (Å²) in [5.41, 5.74) is 1.13. The first-order chi connectivity index (χ1) is 7.75. The van der Waals surface area contributed by atoms with Crippen molar-refractivity contribution in [1.29, 1.82) is 0 Å². The molecule has 0 bridgehead atoms. The number of carbonyl (C=O) groups is 1. The van der Waals surface area contributed by atoms with Crippen LogP contribution in [-0.4, -0.2) is 35.3 Å². The van der Waals surface area contributed by atoms with Crippen LogP contribution in [0.5, 0.6) is 0 Å². The minimum absolute atomic E-state index is 0.206. The third-order valence-corrected chi connectivity index (χ3v) is 3.17. The molecule has 1 aromatic rings. The Labute approximate surface area is 96.5 Å². The van der Waals surface area contributed by atoms with Crippen LogP contribution in [0.2, 0.25) is 0 Å². The first-order valence-corrected chi connectivity index (χ1v) is 5.90. The largest absolute Gasteiger partial charge is 0.302 e. The number of pyridine rings is 1. The highest BCUT2D eigenvalue weighted by molar-refractivity contribution is 5.81. The predicted molar refractivity (Wildman–Crippen MR) is 63.2 cm³/mol. The zero-order valence-corrected chi connectivity index (χ0v) is 9.72. The van der Waals surface area contributed by atoms with Crippen molar-refractivity contribution >= 4 is 5.78 Å². The topological polar surface area (TPSA) is 33.2 Å². The van der Waals surface area contributed by atoms with Gasteiger partial charge >= 0.3 is 0 Å². The van der Waals surface area contributed by atoms with Crippen LogP contribution in [0.4, 0.5) is 0 Å². The number of aromatic nitrogens is 1. The minimum Gasteiger partial charge on any atom is -0.302 e. The van der Waals surface area contributed by atoms with Gasteiger partial charge in [-0.05, 0) is 12.1 Å². The van der Waals surface area contributed by atoms with Gasteiger partial charge in [-0.1, -0.05) is 13.0 Å². The smallest absolute Gasteiger partial charge is 0.138 e. The van der Waals surface area contributed by atoms with E-state index in [0.29, 0.717) is 12.2 Å². The second-order valence-electron chi connectivity index (χ2n) is 4.49. The molecule has 1 atom stereocenters. The molecule has 0 aliphatic carbocycles. The molecule has 1 fully saturated rings. The quantitative estimate of drug-likeness (QED) is 0.771. The van der Waals surface area contributed by atoms with Gasteiger partial charge in [0.2, 0.25) is 0 Å². The fraction of sp³-hybridized carbons (Fsp3) is 0.538. The zero-order valence-electron chi connectivity index (χ0n) is 9.72. The standard InChI is InChI=1S/C13H18N2O/c1-11-10-15(9-6-13(11)16)8-5-12-4-2-3-7-14-12/h2-4,7,11H,5-6,8-10H2,1H3. The van der Waals surface area contributed by atoms with E-state index >= 15 is 0 Å². The van der Waals surface area contributed by atoms with Gasteiger partial charge < -0.3 is 4.90 Å². The maximum absolute atomic E-state index is 11.4. The van der Waals surface area contributed by atoms with E-state index in [2.05, 4.69) is 16.0 Å². The lowest BCUT2D eigenvalue weighted by molar-refractivity contribution is -0.125. The zero-order chi connectivity index (χ0) is 11.4. The number of hydrogen-bond acceptors (Lipinski definition) is 3. The monoisotopic (exact) mass is 218 g/mol. The number of ketones is 1. The van der Waals surface area contributed by atoms with Crippen molar-refractivity contribution in [2.24, 2.45) is 5.92 Å². The van der Waals surface area contributed by atoms with Gasteiger partial charge in [0, 0.05) is 50.3 Å². The number of carbonyl (C=O) groups excluding carboxylic acids is 1. The summed E-state index contributed by atoms with van der Waals surface area (Å²) in [4.78, 5) is 18.0. The van der Waals surface area contributed by atoms with Crippen LogP contribution < -0.4 is 0 Å². The molecule has 1 unspecified atom stereocenters. The van der Waals surface area contributed by atoms with E-state index in [1.165, 1.54) is 0 Å². The Morgan fingerprint density at radius 1 is 1.50 bits per heavy atom. The van der Waals surface area contributed by atoms with Crippen LogP contribution in [0.1, 0.15) is 19.0 Å². The molecule has 0 spiro atoms. The Hall–Kier alpha value is -1.22. The Morgan fingerprint density at radius 3 is 3.06 bits per heavy atom. The van der Waals surface area contributed by atoms with Gasteiger partial charge in [0.15, 0.2) is 0 Å². The molecule has 0 N–H and O–H groups in total. The summed E-state index contributed by atoms with van der Waals surface area (Å²) < 4.78 is 0. The van der Waals surface area contributed by atoms with Gasteiger partial charge in [-0.25, -0.2) is 0 Å². The van der Waals surface area contributed by atoms with E-state index in [4.69, 9.17) is 0 Å². The highest BCUT2D eigenvalue weighted by Gasteiger charge is 2.22. The lowest BCUT2D eigenvalue weighted by atomic mass is 9.98. The third kappa shape index (κ3) is 2.89. The normalized spacial score (nSPS) is 22.3. The number of nitrogens with zero attached hydrogens (tertiary/aromatic N) is 2. The lowest BCUT2D eigenvalue weighted by Crippen LogP contribution is -2.40. The number of rotatable bonds is 3. The van der Waals surface area contributed by atoms with E-state index < -0.39 is 0 Å². The van der Waals surface area contributed by atoms with Crippen molar-refractivity contribution in [2.45, 2.75) is 19.8 Å². The molecule has 1 saturated heterocycles. The maximum atomic E-state index is 11.4. The Morgan fingerprint density at radius 2 is 2.38 bits per heavy atom. The van der Waals surface area contributed by atoms with E-state index in [9.17, 15) is 4.79 Å². The summed E-state index contributed by atoms with van der Waals surface area (Å²) in [6.07, 6.45) is 3.52. The number of piperidine rings is 1. The molecule has 3 nitrogen and oxygen atoms in total. The average Bonchev–Trinajstić information content (AvgIpc) is 2.32. The second-order valence-corrected chi connectivity index (χ2v) is 4.49. The summed E-state index contributed by atoms with van der Waals surface area (Å²) in [5, 5.41) is 0. The minimum atomic E-state index is 0.206. The molecular formula is C13H18N2O. The van der Waals surface area contributed by atoms with Crippen molar-refractivity contribution in [3.63, 3.8) is 0 Å². The Bertz CT molecular complexity index is 350. The highest BCUT2D eigenvalue weighted by Crippen LogP contribution is 2.12. The molecule has 0 amide bonds. The summed E-state index contributed by atoms with van der Waals surface area (Å²) in [6, 6.07) is 6.01. The van der Waals surface area contributed by atoms with Gasteiger partial charge in [-0.15, -0.1) is 0 Å². The third-order valence-electron chi connectivity index (χ3n) is 3.17. The molecule has 0 radical (unpaired) electrons. The molecular weight excluding hydrogens is 200 g/mol. The molecule has 16 heavy (non-hydrogen) atoms. The average molecular weight is 218 g/mol. The summed E-state index contributed by atoms with van der Waals surface area (Å²) in [7, 11) is 0. The highest BCUT2D eigenvalue weighted by atomic mass is 16.1. The molecule has 1 aliphatic heterocycles. The summed E-state index contributed by atoms with van der Waals surface area (Å²) >= 11 is 0. The van der Waals surface area contributed by atoms with Crippen molar-refractivity contribution in [3.8, 4) is 0 Å². The van der Waals surface area contributed by atoms with Crippen molar-refractivity contribution in [2.75, 3.05) is 19.6 Å². The summed E-state index contributed by atoms with van der Waals surface area (Å²) in [5.74, 6) is 0.617. The molecule has 2 heterocycles. The van der Waals surface area contributed by atoms with Crippen molar-refractivity contribution in [3.05, 3.63) is 30.1 Å². The van der Waals surface area contributed by atoms with Gasteiger partial charge in [0.1, 0.15) is 5.78 Å². The Kier molecular flexibility index (Phi) is 3.67.